The normalized spacial score (nSPS) is 25.4. The van der Waals surface area contributed by atoms with Gasteiger partial charge in [0.15, 0.2) is 0 Å². The SMILES string of the molecule is C=CC(C)C(C)(NC(=O)[C@@H]1CC(Oc2nc3ccccc3c(OC3C4COCC3CN(CCOC)C4)c2CCCCCC2CC2)CN1C(=O)[C@@H](NC(=O)O)C(C)(C)C)C(=O)NS(=O)(=O)C1(C)CC1. The summed E-state index contributed by atoms with van der Waals surface area (Å²) < 4.78 is 53.4. The molecule has 18 heteroatoms. The maximum Gasteiger partial charge on any atom is 0.405 e. The number of hydrogen-bond acceptors (Lipinski definition) is 12. The second kappa shape index (κ2) is 20.8. The predicted molar refractivity (Wildman–Crippen MR) is 257 cm³/mol. The number of likely N-dealkylation sites (tertiary alicyclic amines) is 2. The van der Waals surface area contributed by atoms with Gasteiger partial charge in [-0.1, -0.05) is 78.0 Å². The first-order valence-electron chi connectivity index (χ1n) is 24.5. The number of carboxylic acid groups (broad SMARTS) is 1. The zero-order chi connectivity index (χ0) is 49.2. The van der Waals surface area contributed by atoms with Crippen molar-refractivity contribution in [3.8, 4) is 11.6 Å². The highest BCUT2D eigenvalue weighted by Crippen LogP contribution is 2.44. The molecule has 0 radical (unpaired) electrons. The van der Waals surface area contributed by atoms with E-state index in [9.17, 15) is 32.7 Å². The van der Waals surface area contributed by atoms with E-state index < -0.39 is 73.6 Å². The average molecular weight is 967 g/mol. The molecule has 1 aromatic carbocycles. The number of benzene rings is 1. The molecule has 17 nitrogen and oxygen atoms in total. The van der Waals surface area contributed by atoms with E-state index in [-0.39, 0.29) is 30.9 Å². The quantitative estimate of drug-likeness (QED) is 0.0855. The van der Waals surface area contributed by atoms with Crippen LogP contribution in [0.5, 0.6) is 11.6 Å². The van der Waals surface area contributed by atoms with Crippen molar-refractivity contribution in [3.05, 3.63) is 42.5 Å². The summed E-state index contributed by atoms with van der Waals surface area (Å²) in [5, 5.41) is 15.9. The van der Waals surface area contributed by atoms with Crippen LogP contribution in [0.15, 0.2) is 36.9 Å². The number of nitrogens with one attached hydrogen (secondary N) is 3. The van der Waals surface area contributed by atoms with Gasteiger partial charge in [0.05, 0.1) is 42.2 Å². The maximum absolute atomic E-state index is 14.8. The Hall–Kier alpha value is -4.52. The zero-order valence-electron chi connectivity index (χ0n) is 41.0. The summed E-state index contributed by atoms with van der Waals surface area (Å²) in [5.74, 6) is -1.04. The fourth-order valence-electron chi connectivity index (χ4n) is 9.92. The molecule has 2 aromatic rings. The van der Waals surface area contributed by atoms with Gasteiger partial charge in [0.2, 0.25) is 27.7 Å². The first-order chi connectivity index (χ1) is 32.2. The monoisotopic (exact) mass is 967 g/mol. The van der Waals surface area contributed by atoms with E-state index in [4.69, 9.17) is 23.9 Å². The molecule has 2 aliphatic carbocycles. The summed E-state index contributed by atoms with van der Waals surface area (Å²) in [7, 11) is -2.38. The van der Waals surface area contributed by atoms with Crippen LogP contribution in [0.2, 0.25) is 0 Å². The van der Waals surface area contributed by atoms with Gasteiger partial charge in [-0.3, -0.25) is 19.1 Å². The van der Waals surface area contributed by atoms with Gasteiger partial charge in [0, 0.05) is 56.3 Å². The Balaban J connectivity index is 1.23. The largest absolute Gasteiger partial charge is 0.488 e. The minimum atomic E-state index is -4.09. The van der Waals surface area contributed by atoms with Crippen LogP contribution in [0.4, 0.5) is 4.79 Å². The van der Waals surface area contributed by atoms with Crippen LogP contribution in [0, 0.1) is 29.1 Å². The molecule has 5 unspecified atom stereocenters. The number of nitrogens with zero attached hydrogens (tertiary/aromatic N) is 3. The third-order valence-electron chi connectivity index (χ3n) is 15.0. The summed E-state index contributed by atoms with van der Waals surface area (Å²) >= 11 is 0. The number of sulfonamides is 1. The van der Waals surface area contributed by atoms with Gasteiger partial charge < -0.3 is 44.5 Å². The first-order valence-corrected chi connectivity index (χ1v) is 26.0. The highest BCUT2D eigenvalue weighted by atomic mass is 32.2. The van der Waals surface area contributed by atoms with Crippen LogP contribution in [-0.2, 0) is 40.3 Å². The average Bonchev–Trinajstić information content (AvgIpc) is 4.22. The summed E-state index contributed by atoms with van der Waals surface area (Å²) in [6.07, 6.45) is 7.20. The molecule has 7 atom stereocenters. The van der Waals surface area contributed by atoms with E-state index in [1.807, 2.05) is 24.3 Å². The Morgan fingerprint density at radius 2 is 1.72 bits per heavy atom. The lowest BCUT2D eigenvalue weighted by molar-refractivity contribution is -0.143. The van der Waals surface area contributed by atoms with E-state index in [1.54, 1.807) is 41.7 Å². The van der Waals surface area contributed by atoms with Crippen molar-refractivity contribution in [1.82, 2.24) is 30.1 Å². The van der Waals surface area contributed by atoms with Gasteiger partial charge in [0.1, 0.15) is 35.6 Å². The number of carbonyl (C=O) groups excluding carboxylic acids is 3. The molecule has 4 N–H and O–H groups in total. The molecule has 2 saturated carbocycles. The fraction of sp³-hybridized carbons (Fsp3) is 0.700. The fourth-order valence-corrected chi connectivity index (χ4v) is 11.3. The number of hydrogen-bond donors (Lipinski definition) is 4. The standard InChI is InChI=1S/C50H74N6O11S/c1-9-31(2)50(7,46(59)54-68(62,63)49(6)21-22-49)53-43(57)39-25-35(28-56(39)45(58)42(48(3,4)5)52-47(60)61)66-44-37(17-12-10-11-15-32-19-20-32)41(36-16-13-14-18-38(36)51-44)67-40-33-26-55(23-24-64-8)27-34(40)30-65-29-33/h9,13-14,16,18,31-35,39-40,42,52H,1,10-12,15,17,19-30H2,2-8H3,(H,53,57)(H,54,59)(H,60,61)/t31?,33?,34?,35?,39-,40?,42+,50?/m0/s1. The number of fused-ring (bicyclic) bond motifs is 3. The van der Waals surface area contributed by atoms with Crippen molar-refractivity contribution in [2.75, 3.05) is 53.1 Å². The second-order valence-electron chi connectivity index (χ2n) is 21.5. The summed E-state index contributed by atoms with van der Waals surface area (Å²) in [5.41, 5.74) is -1.29. The highest BCUT2D eigenvalue weighted by Gasteiger charge is 2.54. The molecule has 1 aromatic heterocycles. The van der Waals surface area contributed by atoms with Crippen LogP contribution in [-0.4, -0.2) is 140 Å². The number of rotatable bonds is 22. The maximum atomic E-state index is 14.8. The number of methoxy groups -OCH3 is 1. The summed E-state index contributed by atoms with van der Waals surface area (Å²) in [6, 6.07) is 5.27. The molecule has 4 amide bonds. The Bertz CT molecular complexity index is 2280. The molecule has 0 spiro atoms. The minimum Gasteiger partial charge on any atom is -0.488 e. The van der Waals surface area contributed by atoms with Gasteiger partial charge >= 0.3 is 6.09 Å². The summed E-state index contributed by atoms with van der Waals surface area (Å²) in [6.45, 7) is 17.7. The number of carbonyl (C=O) groups is 4. The second-order valence-corrected chi connectivity index (χ2v) is 23.7. The number of aromatic nitrogens is 1. The van der Waals surface area contributed by atoms with Crippen LogP contribution in [0.3, 0.4) is 0 Å². The van der Waals surface area contributed by atoms with Crippen molar-refractivity contribution in [3.63, 3.8) is 0 Å². The van der Waals surface area contributed by atoms with Crippen molar-refractivity contribution in [1.29, 1.82) is 0 Å². The van der Waals surface area contributed by atoms with E-state index in [2.05, 4.69) is 26.8 Å². The number of para-hydroxylation sites is 1. The van der Waals surface area contributed by atoms with E-state index in [0.717, 1.165) is 55.8 Å². The highest BCUT2D eigenvalue weighted by molar-refractivity contribution is 7.91. The lowest BCUT2D eigenvalue weighted by atomic mass is 9.84. The molecule has 7 rings (SSSR count). The summed E-state index contributed by atoms with van der Waals surface area (Å²) in [4.78, 5) is 64.5. The predicted octanol–water partition coefficient (Wildman–Crippen LogP) is 5.45. The first kappa shape index (κ1) is 51.3. The lowest BCUT2D eigenvalue weighted by Gasteiger charge is -2.46. The van der Waals surface area contributed by atoms with Gasteiger partial charge in [-0.2, -0.15) is 0 Å². The van der Waals surface area contributed by atoms with Crippen molar-refractivity contribution >= 4 is 44.7 Å². The van der Waals surface area contributed by atoms with E-state index in [0.29, 0.717) is 56.2 Å². The molecule has 3 aliphatic heterocycles. The van der Waals surface area contributed by atoms with E-state index in [1.165, 1.54) is 37.2 Å². The van der Waals surface area contributed by atoms with Crippen LogP contribution >= 0.6 is 0 Å². The van der Waals surface area contributed by atoms with Gasteiger partial charge in [0.25, 0.3) is 5.91 Å². The molecule has 5 aliphatic rings. The molecule has 68 heavy (non-hydrogen) atoms. The molecular weight excluding hydrogens is 893 g/mol. The Kier molecular flexibility index (Phi) is 15.7. The van der Waals surface area contributed by atoms with E-state index >= 15 is 0 Å². The third-order valence-corrected chi connectivity index (χ3v) is 17.2. The molecule has 5 fully saturated rings. The number of amides is 4. The van der Waals surface area contributed by atoms with Crippen molar-refractivity contribution in [2.45, 2.75) is 140 Å². The number of unbranched alkanes of at least 4 members (excludes halogenated alkanes) is 2. The molecular formula is C50H74N6O11S. The van der Waals surface area contributed by atoms with Crippen LogP contribution in [0.25, 0.3) is 10.9 Å². The smallest absolute Gasteiger partial charge is 0.405 e. The van der Waals surface area contributed by atoms with Crippen LogP contribution < -0.4 is 24.8 Å². The Labute approximate surface area is 401 Å². The minimum absolute atomic E-state index is 0.0506. The number of ether oxygens (including phenoxy) is 4. The topological polar surface area (TPSA) is 215 Å². The van der Waals surface area contributed by atoms with Crippen molar-refractivity contribution in [2.24, 2.45) is 29.1 Å². The Morgan fingerprint density at radius 1 is 1.03 bits per heavy atom. The van der Waals surface area contributed by atoms with Gasteiger partial charge in [-0.15, -0.1) is 6.58 Å². The van der Waals surface area contributed by atoms with Gasteiger partial charge in [-0.25, -0.2) is 18.2 Å². The Morgan fingerprint density at radius 3 is 2.34 bits per heavy atom. The molecule has 376 valence electrons. The molecule has 2 bridgehead atoms. The third kappa shape index (κ3) is 11.6. The van der Waals surface area contributed by atoms with Crippen molar-refractivity contribution < 1.29 is 51.6 Å². The van der Waals surface area contributed by atoms with Crippen LogP contribution in [0.1, 0.15) is 105 Å². The number of piperidine rings is 1. The lowest BCUT2D eigenvalue weighted by Crippen LogP contribution is -2.65. The number of pyridine rings is 1. The van der Waals surface area contributed by atoms with Gasteiger partial charge in [-0.05, 0) is 63.0 Å². The zero-order valence-corrected chi connectivity index (χ0v) is 41.8. The molecule has 3 saturated heterocycles. The molecule has 4 heterocycles.